The van der Waals surface area contributed by atoms with E-state index in [0.717, 1.165) is 34.5 Å². The summed E-state index contributed by atoms with van der Waals surface area (Å²) in [5, 5.41) is 3.73. The molecule has 0 amide bonds. The zero-order valence-corrected chi connectivity index (χ0v) is 13.9. The topological polar surface area (TPSA) is 21.3 Å². The number of fused-ring (bicyclic) bond motifs is 2. The number of halogens is 1. The van der Waals surface area contributed by atoms with Gasteiger partial charge in [-0.15, -0.1) is 0 Å². The molecule has 0 aliphatic heterocycles. The predicted molar refractivity (Wildman–Crippen MR) is 85.9 cm³/mol. The molecule has 3 rings (SSSR count). The molecule has 1 aromatic rings. The Morgan fingerprint density at radius 3 is 2.85 bits per heavy atom. The molecule has 2 fully saturated rings. The Hall–Kier alpha value is -0.540. The lowest BCUT2D eigenvalue weighted by atomic mass is 9.84. The first-order valence-corrected chi connectivity index (χ1v) is 8.52. The van der Waals surface area contributed by atoms with Crippen molar-refractivity contribution in [3.05, 3.63) is 28.2 Å². The number of hydrogen-bond donors (Lipinski definition) is 1. The molecule has 110 valence electrons. The molecule has 2 aliphatic carbocycles. The Kier molecular flexibility index (Phi) is 4.37. The third kappa shape index (κ3) is 2.89. The fourth-order valence-electron chi connectivity index (χ4n) is 4.21. The van der Waals surface area contributed by atoms with Crippen LogP contribution in [0.5, 0.6) is 5.75 Å². The van der Waals surface area contributed by atoms with Crippen LogP contribution in [0.3, 0.4) is 0 Å². The SMILES string of the molecule is COc1ccc(Br)cc1CNC(C)C1CC2CCC1C2. The molecule has 2 bridgehead atoms. The van der Waals surface area contributed by atoms with E-state index < -0.39 is 0 Å². The molecule has 0 radical (unpaired) electrons. The van der Waals surface area contributed by atoms with Crippen LogP contribution in [0.15, 0.2) is 22.7 Å². The third-order valence-electron chi connectivity index (χ3n) is 5.29. The largest absolute Gasteiger partial charge is 0.496 e. The fourth-order valence-corrected chi connectivity index (χ4v) is 4.62. The van der Waals surface area contributed by atoms with Gasteiger partial charge in [-0.3, -0.25) is 0 Å². The zero-order valence-electron chi connectivity index (χ0n) is 12.4. The van der Waals surface area contributed by atoms with Crippen molar-refractivity contribution in [1.29, 1.82) is 0 Å². The van der Waals surface area contributed by atoms with Gasteiger partial charge >= 0.3 is 0 Å². The predicted octanol–water partition coefficient (Wildman–Crippen LogP) is 4.37. The Morgan fingerprint density at radius 1 is 1.35 bits per heavy atom. The summed E-state index contributed by atoms with van der Waals surface area (Å²) in [5.41, 5.74) is 1.23. The normalized spacial score (nSPS) is 29.6. The summed E-state index contributed by atoms with van der Waals surface area (Å²) in [5.74, 6) is 3.86. The van der Waals surface area contributed by atoms with Crippen LogP contribution in [0.25, 0.3) is 0 Å². The van der Waals surface area contributed by atoms with Gasteiger partial charge in [0.2, 0.25) is 0 Å². The van der Waals surface area contributed by atoms with Crippen LogP contribution in [0.2, 0.25) is 0 Å². The van der Waals surface area contributed by atoms with E-state index in [1.807, 2.05) is 12.1 Å². The van der Waals surface area contributed by atoms with E-state index in [0.29, 0.717) is 6.04 Å². The molecule has 2 nitrogen and oxygen atoms in total. The summed E-state index contributed by atoms with van der Waals surface area (Å²) < 4.78 is 6.56. The number of ether oxygens (including phenoxy) is 1. The molecule has 2 saturated carbocycles. The second-order valence-corrected chi connectivity index (χ2v) is 7.38. The molecule has 4 atom stereocenters. The second-order valence-electron chi connectivity index (χ2n) is 6.46. The van der Waals surface area contributed by atoms with Crippen molar-refractivity contribution in [2.24, 2.45) is 17.8 Å². The maximum Gasteiger partial charge on any atom is 0.123 e. The van der Waals surface area contributed by atoms with E-state index in [1.54, 1.807) is 7.11 Å². The standard InChI is InChI=1S/C17H24BrNO/c1-11(16-8-12-3-4-13(16)7-12)19-10-14-9-15(18)5-6-17(14)20-2/h5-6,9,11-13,16,19H,3-4,7-8,10H2,1-2H3. The minimum Gasteiger partial charge on any atom is -0.496 e. The van der Waals surface area contributed by atoms with Gasteiger partial charge in [-0.1, -0.05) is 22.4 Å². The molecule has 0 aromatic heterocycles. The molecule has 1 N–H and O–H groups in total. The lowest BCUT2D eigenvalue weighted by Gasteiger charge is -2.29. The lowest BCUT2D eigenvalue weighted by molar-refractivity contribution is 0.258. The molecular formula is C17H24BrNO. The summed E-state index contributed by atoms with van der Waals surface area (Å²) in [6.07, 6.45) is 5.86. The molecule has 1 aromatic carbocycles. The average Bonchev–Trinajstić information content (AvgIpc) is 3.07. The first-order valence-electron chi connectivity index (χ1n) is 7.73. The Morgan fingerprint density at radius 2 is 2.20 bits per heavy atom. The Labute approximate surface area is 130 Å². The van der Waals surface area contributed by atoms with Gasteiger partial charge in [-0.2, -0.15) is 0 Å². The molecule has 4 unspecified atom stereocenters. The van der Waals surface area contributed by atoms with Gasteiger partial charge in [-0.25, -0.2) is 0 Å². The smallest absolute Gasteiger partial charge is 0.123 e. The summed E-state index contributed by atoms with van der Waals surface area (Å²) in [6, 6.07) is 6.82. The van der Waals surface area contributed by atoms with Gasteiger partial charge in [0.25, 0.3) is 0 Å². The van der Waals surface area contributed by atoms with Crippen LogP contribution in [-0.4, -0.2) is 13.2 Å². The summed E-state index contributed by atoms with van der Waals surface area (Å²) >= 11 is 3.54. The van der Waals surface area contributed by atoms with Gasteiger partial charge in [-0.05, 0) is 62.1 Å². The van der Waals surface area contributed by atoms with E-state index in [-0.39, 0.29) is 0 Å². The molecular weight excluding hydrogens is 314 g/mol. The van der Waals surface area contributed by atoms with Crippen LogP contribution in [-0.2, 0) is 6.54 Å². The number of rotatable bonds is 5. The van der Waals surface area contributed by atoms with Crippen molar-refractivity contribution in [1.82, 2.24) is 5.32 Å². The summed E-state index contributed by atoms with van der Waals surface area (Å²) in [7, 11) is 1.74. The average molecular weight is 338 g/mol. The van der Waals surface area contributed by atoms with Gasteiger partial charge in [0.1, 0.15) is 5.75 Å². The van der Waals surface area contributed by atoms with E-state index in [4.69, 9.17) is 4.74 Å². The third-order valence-corrected chi connectivity index (χ3v) is 5.79. The molecule has 3 heteroatoms. The zero-order chi connectivity index (χ0) is 14.1. The lowest BCUT2D eigenvalue weighted by Crippen LogP contribution is -2.35. The maximum absolute atomic E-state index is 5.45. The first-order chi connectivity index (χ1) is 9.67. The molecule has 0 heterocycles. The number of nitrogens with one attached hydrogen (secondary N) is 1. The van der Waals surface area contributed by atoms with Gasteiger partial charge < -0.3 is 10.1 Å². The molecule has 0 saturated heterocycles. The van der Waals surface area contributed by atoms with E-state index >= 15 is 0 Å². The van der Waals surface area contributed by atoms with Crippen molar-refractivity contribution in [2.75, 3.05) is 7.11 Å². The van der Waals surface area contributed by atoms with Gasteiger partial charge in [0.05, 0.1) is 7.11 Å². The second kappa shape index (κ2) is 6.07. The minimum absolute atomic E-state index is 0.606. The monoisotopic (exact) mass is 337 g/mol. The summed E-state index contributed by atoms with van der Waals surface area (Å²) in [4.78, 5) is 0. The van der Waals surface area contributed by atoms with E-state index in [9.17, 15) is 0 Å². The molecule has 0 spiro atoms. The van der Waals surface area contributed by atoms with Crippen LogP contribution < -0.4 is 10.1 Å². The van der Waals surface area contributed by atoms with E-state index in [1.165, 1.54) is 31.2 Å². The van der Waals surface area contributed by atoms with Crippen LogP contribution >= 0.6 is 15.9 Å². The number of hydrogen-bond acceptors (Lipinski definition) is 2. The number of benzene rings is 1. The highest BCUT2D eigenvalue weighted by atomic mass is 79.9. The first kappa shape index (κ1) is 14.4. The van der Waals surface area contributed by atoms with Crippen molar-refractivity contribution < 1.29 is 4.74 Å². The highest BCUT2D eigenvalue weighted by Crippen LogP contribution is 2.49. The fraction of sp³-hybridized carbons (Fsp3) is 0.647. The van der Waals surface area contributed by atoms with Crippen molar-refractivity contribution >= 4 is 15.9 Å². The minimum atomic E-state index is 0.606. The van der Waals surface area contributed by atoms with Crippen LogP contribution in [0.4, 0.5) is 0 Å². The Balaban J connectivity index is 1.60. The van der Waals surface area contributed by atoms with Gasteiger partial charge in [0.15, 0.2) is 0 Å². The molecule has 2 aliphatic rings. The highest BCUT2D eigenvalue weighted by Gasteiger charge is 2.41. The van der Waals surface area contributed by atoms with Gasteiger partial charge in [0, 0.05) is 22.6 Å². The van der Waals surface area contributed by atoms with Crippen LogP contribution in [0, 0.1) is 17.8 Å². The maximum atomic E-state index is 5.45. The quantitative estimate of drug-likeness (QED) is 0.861. The van der Waals surface area contributed by atoms with Crippen molar-refractivity contribution in [3.8, 4) is 5.75 Å². The van der Waals surface area contributed by atoms with Crippen molar-refractivity contribution in [3.63, 3.8) is 0 Å². The highest BCUT2D eigenvalue weighted by molar-refractivity contribution is 9.10. The Bertz CT molecular complexity index is 476. The summed E-state index contributed by atoms with van der Waals surface area (Å²) in [6.45, 7) is 3.24. The van der Waals surface area contributed by atoms with Crippen molar-refractivity contribution in [2.45, 2.75) is 45.2 Å². The van der Waals surface area contributed by atoms with Crippen LogP contribution in [0.1, 0.15) is 38.2 Å². The number of methoxy groups -OCH3 is 1. The molecule has 20 heavy (non-hydrogen) atoms. The van der Waals surface area contributed by atoms with E-state index in [2.05, 4.69) is 34.2 Å².